The number of ether oxygens (including phenoxy) is 1. The zero-order chi connectivity index (χ0) is 12.3. The molecule has 1 aliphatic rings. The van der Waals surface area contributed by atoms with E-state index in [1.165, 1.54) is 6.07 Å². The van der Waals surface area contributed by atoms with Crippen LogP contribution in [0.2, 0.25) is 0 Å². The molecule has 1 aromatic rings. The van der Waals surface area contributed by atoms with Gasteiger partial charge < -0.3 is 4.74 Å². The van der Waals surface area contributed by atoms with Gasteiger partial charge in [-0.25, -0.2) is 8.78 Å². The summed E-state index contributed by atoms with van der Waals surface area (Å²) in [5, 5.41) is 0. The Kier molecular flexibility index (Phi) is 3.84. The van der Waals surface area contributed by atoms with Crippen LogP contribution in [-0.2, 0) is 16.0 Å². The second-order valence-corrected chi connectivity index (χ2v) is 4.30. The summed E-state index contributed by atoms with van der Waals surface area (Å²) in [7, 11) is 0. The lowest BCUT2D eigenvalue weighted by atomic mass is 10.0. The largest absolute Gasteiger partial charge is 0.378 e. The molecule has 92 valence electrons. The molecular weight excluding hydrogens is 226 g/mol. The number of ketones is 1. The summed E-state index contributed by atoms with van der Waals surface area (Å²) in [6.07, 6.45) is 2.40. The second-order valence-electron chi connectivity index (χ2n) is 4.30. The monoisotopic (exact) mass is 240 g/mol. The van der Waals surface area contributed by atoms with E-state index >= 15 is 0 Å². The van der Waals surface area contributed by atoms with Crippen LogP contribution in [0.15, 0.2) is 18.2 Å². The maximum absolute atomic E-state index is 12.9. The zero-order valence-corrected chi connectivity index (χ0v) is 9.42. The molecule has 1 unspecified atom stereocenters. The maximum atomic E-state index is 12.9. The van der Waals surface area contributed by atoms with Crippen molar-refractivity contribution in [2.24, 2.45) is 0 Å². The molecule has 1 aromatic carbocycles. The highest BCUT2D eigenvalue weighted by atomic mass is 19.2. The van der Waals surface area contributed by atoms with Crippen molar-refractivity contribution in [3.63, 3.8) is 0 Å². The summed E-state index contributed by atoms with van der Waals surface area (Å²) in [6, 6.07) is 3.55. The molecule has 0 spiro atoms. The van der Waals surface area contributed by atoms with Crippen LogP contribution in [0, 0.1) is 11.6 Å². The molecule has 17 heavy (non-hydrogen) atoms. The van der Waals surface area contributed by atoms with Crippen molar-refractivity contribution >= 4 is 5.78 Å². The van der Waals surface area contributed by atoms with Gasteiger partial charge in [-0.15, -0.1) is 0 Å². The fourth-order valence-electron chi connectivity index (χ4n) is 2.01. The summed E-state index contributed by atoms with van der Waals surface area (Å²) in [5.74, 6) is -1.80. The van der Waals surface area contributed by atoms with E-state index in [1.54, 1.807) is 0 Å². The zero-order valence-electron chi connectivity index (χ0n) is 9.42. The molecule has 0 aliphatic carbocycles. The summed E-state index contributed by atoms with van der Waals surface area (Å²) in [5.41, 5.74) is 0.506. The van der Waals surface area contributed by atoms with Gasteiger partial charge in [0.1, 0.15) is 5.78 Å². The lowest BCUT2D eigenvalue weighted by molar-refractivity contribution is -0.120. The first-order chi connectivity index (χ1) is 8.15. The Labute approximate surface area is 98.6 Å². The Morgan fingerprint density at radius 1 is 1.35 bits per heavy atom. The van der Waals surface area contributed by atoms with Gasteiger partial charge in [-0.2, -0.15) is 0 Å². The van der Waals surface area contributed by atoms with Crippen LogP contribution in [0.5, 0.6) is 0 Å². The number of benzene rings is 1. The summed E-state index contributed by atoms with van der Waals surface area (Å²) in [6.45, 7) is 0.711. The van der Waals surface area contributed by atoms with E-state index in [9.17, 15) is 13.6 Å². The molecule has 1 saturated heterocycles. The van der Waals surface area contributed by atoms with E-state index < -0.39 is 11.6 Å². The molecule has 2 nitrogen and oxygen atoms in total. The van der Waals surface area contributed by atoms with E-state index in [1.807, 2.05) is 0 Å². The van der Waals surface area contributed by atoms with Crippen LogP contribution in [-0.4, -0.2) is 18.5 Å². The SMILES string of the molecule is O=C(Cc1ccc(F)c(F)c1)CC1CCCO1. The van der Waals surface area contributed by atoms with E-state index in [4.69, 9.17) is 4.74 Å². The quantitative estimate of drug-likeness (QED) is 0.808. The molecule has 4 heteroatoms. The van der Waals surface area contributed by atoms with Gasteiger partial charge in [0, 0.05) is 19.4 Å². The molecule has 1 fully saturated rings. The van der Waals surface area contributed by atoms with Crippen molar-refractivity contribution in [1.29, 1.82) is 0 Å². The topological polar surface area (TPSA) is 26.3 Å². The molecule has 0 N–H and O–H groups in total. The highest BCUT2D eigenvalue weighted by Gasteiger charge is 2.19. The van der Waals surface area contributed by atoms with Crippen molar-refractivity contribution in [3.05, 3.63) is 35.4 Å². The minimum Gasteiger partial charge on any atom is -0.378 e. The number of halogens is 2. The highest BCUT2D eigenvalue weighted by Crippen LogP contribution is 2.17. The van der Waals surface area contributed by atoms with Gasteiger partial charge in [-0.1, -0.05) is 6.07 Å². The van der Waals surface area contributed by atoms with Crippen LogP contribution in [0.4, 0.5) is 8.78 Å². The van der Waals surface area contributed by atoms with Gasteiger partial charge in [0.25, 0.3) is 0 Å². The number of carbonyl (C=O) groups excluding carboxylic acids is 1. The molecule has 1 aliphatic heterocycles. The Hall–Kier alpha value is -1.29. The Morgan fingerprint density at radius 2 is 2.18 bits per heavy atom. The first kappa shape index (κ1) is 12.2. The summed E-state index contributed by atoms with van der Waals surface area (Å²) >= 11 is 0. The van der Waals surface area contributed by atoms with Gasteiger partial charge in [-0.3, -0.25) is 4.79 Å². The summed E-state index contributed by atoms with van der Waals surface area (Å²) in [4.78, 5) is 11.7. The van der Waals surface area contributed by atoms with Crippen LogP contribution in [0.25, 0.3) is 0 Å². The third kappa shape index (κ3) is 3.33. The predicted octanol–water partition coefficient (Wildman–Crippen LogP) is 2.65. The van der Waals surface area contributed by atoms with Gasteiger partial charge in [0.15, 0.2) is 11.6 Å². The predicted molar refractivity (Wildman–Crippen MR) is 58.7 cm³/mol. The first-order valence-electron chi connectivity index (χ1n) is 5.72. The first-order valence-corrected chi connectivity index (χ1v) is 5.72. The normalized spacial score (nSPS) is 19.5. The fourth-order valence-corrected chi connectivity index (χ4v) is 2.01. The second kappa shape index (κ2) is 5.36. The number of hydrogen-bond acceptors (Lipinski definition) is 2. The van der Waals surface area contributed by atoms with Crippen molar-refractivity contribution in [3.8, 4) is 0 Å². The number of hydrogen-bond donors (Lipinski definition) is 0. The lowest BCUT2D eigenvalue weighted by Crippen LogP contribution is -2.14. The standard InChI is InChI=1S/C13H14F2O2/c14-12-4-3-9(7-13(12)15)6-10(16)8-11-2-1-5-17-11/h3-4,7,11H,1-2,5-6,8H2. The van der Waals surface area contributed by atoms with Crippen LogP contribution in [0.3, 0.4) is 0 Å². The highest BCUT2D eigenvalue weighted by molar-refractivity contribution is 5.81. The smallest absolute Gasteiger partial charge is 0.159 e. The average molecular weight is 240 g/mol. The van der Waals surface area contributed by atoms with Crippen molar-refractivity contribution in [1.82, 2.24) is 0 Å². The number of Topliss-reactive ketones (excluding diaryl/α,β-unsaturated/α-hetero) is 1. The van der Waals surface area contributed by atoms with Crippen LogP contribution >= 0.6 is 0 Å². The van der Waals surface area contributed by atoms with E-state index in [0.29, 0.717) is 18.6 Å². The maximum Gasteiger partial charge on any atom is 0.159 e. The van der Waals surface area contributed by atoms with Crippen molar-refractivity contribution in [2.75, 3.05) is 6.61 Å². The molecule has 0 amide bonds. The van der Waals surface area contributed by atoms with Crippen molar-refractivity contribution < 1.29 is 18.3 Å². The van der Waals surface area contributed by atoms with Gasteiger partial charge in [0.2, 0.25) is 0 Å². The molecule has 1 atom stereocenters. The molecule has 1 heterocycles. The van der Waals surface area contributed by atoms with Gasteiger partial charge >= 0.3 is 0 Å². The minimum atomic E-state index is -0.910. The van der Waals surface area contributed by atoms with Crippen LogP contribution in [0.1, 0.15) is 24.8 Å². The van der Waals surface area contributed by atoms with E-state index in [0.717, 1.165) is 25.0 Å². The minimum absolute atomic E-state index is 0.00269. The molecule has 0 saturated carbocycles. The Bertz CT molecular complexity index is 412. The summed E-state index contributed by atoms with van der Waals surface area (Å²) < 4.78 is 31.0. The van der Waals surface area contributed by atoms with E-state index in [2.05, 4.69) is 0 Å². The van der Waals surface area contributed by atoms with E-state index in [-0.39, 0.29) is 18.3 Å². The molecule has 0 aromatic heterocycles. The molecule has 0 bridgehead atoms. The van der Waals surface area contributed by atoms with Gasteiger partial charge in [-0.05, 0) is 30.5 Å². The average Bonchev–Trinajstić information content (AvgIpc) is 2.76. The molecule has 2 rings (SSSR count). The number of rotatable bonds is 4. The van der Waals surface area contributed by atoms with Crippen LogP contribution < -0.4 is 0 Å². The fraction of sp³-hybridized carbons (Fsp3) is 0.462. The Morgan fingerprint density at radius 3 is 2.82 bits per heavy atom. The lowest BCUT2D eigenvalue weighted by Gasteiger charge is -2.08. The molecule has 0 radical (unpaired) electrons. The third-order valence-electron chi connectivity index (χ3n) is 2.86. The van der Waals surface area contributed by atoms with Crippen molar-refractivity contribution in [2.45, 2.75) is 31.8 Å². The van der Waals surface area contributed by atoms with Gasteiger partial charge in [0.05, 0.1) is 6.10 Å². The Balaban J connectivity index is 1.90. The molecular formula is C13H14F2O2. The number of carbonyl (C=O) groups is 1. The third-order valence-corrected chi connectivity index (χ3v) is 2.86.